The maximum absolute atomic E-state index is 4.30. The van der Waals surface area contributed by atoms with Crippen LogP contribution >= 0.6 is 0 Å². The molecule has 1 heterocycles. The number of rotatable bonds is 1. The van der Waals surface area contributed by atoms with Crippen LogP contribution in [0, 0.1) is 5.92 Å². The van der Waals surface area contributed by atoms with Gasteiger partial charge in [0.15, 0.2) is 0 Å². The maximum atomic E-state index is 4.30. The Morgan fingerprint density at radius 3 is 3.07 bits per heavy atom. The number of hydrogen-bond acceptors (Lipinski definition) is 2. The normalized spacial score (nSPS) is 19.9. The first-order valence-corrected chi connectivity index (χ1v) is 4.98. The quantitative estimate of drug-likeness (QED) is 0.654. The molecule has 1 aliphatic rings. The van der Waals surface area contributed by atoms with E-state index in [4.69, 9.17) is 0 Å². The van der Waals surface area contributed by atoms with Crippen LogP contribution < -0.4 is 10.6 Å². The Labute approximate surface area is 83.7 Å². The molecule has 14 heavy (non-hydrogen) atoms. The summed E-state index contributed by atoms with van der Waals surface area (Å²) in [7, 11) is 0. The summed E-state index contributed by atoms with van der Waals surface area (Å²) in [5.41, 5.74) is 1.24. The summed E-state index contributed by atoms with van der Waals surface area (Å²) in [6.45, 7) is 4.29. The second-order valence-electron chi connectivity index (χ2n) is 3.60. The first kappa shape index (κ1) is 9.13. The molecule has 2 heteroatoms. The molecule has 2 rings (SSSR count). The van der Waals surface area contributed by atoms with Gasteiger partial charge in [-0.15, -0.1) is 0 Å². The molecular formula is C12H14N2. The van der Waals surface area contributed by atoms with Gasteiger partial charge in [0.05, 0.1) is 5.35 Å². The van der Waals surface area contributed by atoms with E-state index in [1.807, 2.05) is 6.20 Å². The maximum Gasteiger partial charge on any atom is 0.116 e. The van der Waals surface area contributed by atoms with Crippen molar-refractivity contribution >= 4 is 11.6 Å². The van der Waals surface area contributed by atoms with Crippen molar-refractivity contribution in [1.82, 2.24) is 9.97 Å². The second-order valence-corrected chi connectivity index (χ2v) is 3.60. The Morgan fingerprint density at radius 1 is 1.43 bits per heavy atom. The lowest BCUT2D eigenvalue weighted by molar-refractivity contribution is 0.809. The van der Waals surface area contributed by atoms with E-state index in [2.05, 4.69) is 42.0 Å². The fourth-order valence-corrected chi connectivity index (χ4v) is 1.65. The summed E-state index contributed by atoms with van der Waals surface area (Å²) in [5.74, 6) is 0.501. The van der Waals surface area contributed by atoms with E-state index < -0.39 is 0 Å². The van der Waals surface area contributed by atoms with Gasteiger partial charge >= 0.3 is 0 Å². The van der Waals surface area contributed by atoms with Crippen molar-refractivity contribution in [1.29, 1.82) is 0 Å². The Kier molecular flexibility index (Phi) is 2.44. The lowest BCUT2D eigenvalue weighted by atomic mass is 10.1. The van der Waals surface area contributed by atoms with Gasteiger partial charge in [0.2, 0.25) is 0 Å². The van der Waals surface area contributed by atoms with Crippen LogP contribution in [-0.4, -0.2) is 9.97 Å². The summed E-state index contributed by atoms with van der Waals surface area (Å²) >= 11 is 0. The van der Waals surface area contributed by atoms with Crippen molar-refractivity contribution < 1.29 is 0 Å². The lowest BCUT2D eigenvalue weighted by Gasteiger charge is -1.99. The Hall–Kier alpha value is -1.44. The summed E-state index contributed by atoms with van der Waals surface area (Å²) in [4.78, 5) is 8.36. The van der Waals surface area contributed by atoms with E-state index in [0.29, 0.717) is 5.92 Å². The highest BCUT2D eigenvalue weighted by atomic mass is 14.8. The van der Waals surface area contributed by atoms with E-state index >= 15 is 0 Å². The number of nitrogens with zero attached hydrogens (tertiary/aromatic N) is 2. The van der Waals surface area contributed by atoms with E-state index in [9.17, 15) is 0 Å². The van der Waals surface area contributed by atoms with Crippen LogP contribution in [0.1, 0.15) is 20.3 Å². The summed E-state index contributed by atoms with van der Waals surface area (Å²) in [6, 6.07) is 0. The third-order valence-electron chi connectivity index (χ3n) is 2.60. The molecular weight excluding hydrogens is 172 g/mol. The van der Waals surface area contributed by atoms with E-state index in [1.54, 1.807) is 6.33 Å². The third-order valence-corrected chi connectivity index (χ3v) is 2.60. The summed E-state index contributed by atoms with van der Waals surface area (Å²) < 4.78 is 0. The Morgan fingerprint density at radius 2 is 2.29 bits per heavy atom. The smallest absolute Gasteiger partial charge is 0.116 e. The van der Waals surface area contributed by atoms with Gasteiger partial charge < -0.3 is 0 Å². The first-order chi connectivity index (χ1) is 6.81. The summed E-state index contributed by atoms with van der Waals surface area (Å²) in [5, 5.41) is 2.22. The van der Waals surface area contributed by atoms with Crippen LogP contribution in [0.4, 0.5) is 0 Å². The van der Waals surface area contributed by atoms with Crippen molar-refractivity contribution in [3.8, 4) is 0 Å². The zero-order valence-corrected chi connectivity index (χ0v) is 8.57. The number of fused-ring (bicyclic) bond motifs is 1. The van der Waals surface area contributed by atoms with Crippen molar-refractivity contribution in [3.63, 3.8) is 0 Å². The van der Waals surface area contributed by atoms with Gasteiger partial charge in [0, 0.05) is 11.4 Å². The molecule has 1 aromatic rings. The minimum absolute atomic E-state index is 0.501. The van der Waals surface area contributed by atoms with Crippen molar-refractivity contribution in [2.75, 3.05) is 0 Å². The van der Waals surface area contributed by atoms with Crippen LogP contribution in [0.3, 0.4) is 0 Å². The van der Waals surface area contributed by atoms with Crippen molar-refractivity contribution in [3.05, 3.63) is 35.2 Å². The van der Waals surface area contributed by atoms with Crippen LogP contribution in [0.5, 0.6) is 0 Å². The van der Waals surface area contributed by atoms with Gasteiger partial charge in [0.1, 0.15) is 6.33 Å². The highest BCUT2D eigenvalue weighted by Crippen LogP contribution is 2.09. The predicted octanol–water partition coefficient (Wildman–Crippen LogP) is 1.02. The molecule has 0 fully saturated rings. The van der Waals surface area contributed by atoms with Gasteiger partial charge in [-0.1, -0.05) is 25.2 Å². The zero-order chi connectivity index (χ0) is 9.97. The van der Waals surface area contributed by atoms with Gasteiger partial charge in [-0.2, -0.15) is 0 Å². The molecule has 1 aromatic heterocycles. The average molecular weight is 186 g/mol. The highest BCUT2D eigenvalue weighted by molar-refractivity contribution is 5.56. The number of aromatic nitrogens is 2. The van der Waals surface area contributed by atoms with E-state index in [-0.39, 0.29) is 0 Å². The second kappa shape index (κ2) is 3.74. The highest BCUT2D eigenvalue weighted by Gasteiger charge is 2.02. The van der Waals surface area contributed by atoms with E-state index in [1.165, 1.54) is 5.57 Å². The predicted molar refractivity (Wildman–Crippen MR) is 57.8 cm³/mol. The lowest BCUT2D eigenvalue weighted by Crippen LogP contribution is -2.29. The molecule has 0 saturated carbocycles. The van der Waals surface area contributed by atoms with Crippen molar-refractivity contribution in [2.24, 2.45) is 5.92 Å². The standard InChI is InChI=1S/C12H14N2/c1-3-10-5-4-9(2)11-7-13-8-14-12(11)6-10/h4-8,10H,3H2,1-2H3. The molecule has 0 aromatic carbocycles. The minimum atomic E-state index is 0.501. The summed E-state index contributed by atoms with van der Waals surface area (Å²) in [6.07, 6.45) is 11.2. The van der Waals surface area contributed by atoms with E-state index in [0.717, 1.165) is 17.0 Å². The molecule has 0 aliphatic heterocycles. The van der Waals surface area contributed by atoms with Crippen LogP contribution in [0.15, 0.2) is 24.7 Å². The molecule has 1 aliphatic carbocycles. The largest absolute Gasteiger partial charge is 0.244 e. The molecule has 0 spiro atoms. The SMILES string of the molecule is CCC1C=CC(C)=c2cncnc2=C1. The van der Waals surface area contributed by atoms with Crippen LogP contribution in [-0.2, 0) is 0 Å². The minimum Gasteiger partial charge on any atom is -0.244 e. The molecule has 0 radical (unpaired) electrons. The monoisotopic (exact) mass is 186 g/mol. The fourth-order valence-electron chi connectivity index (χ4n) is 1.65. The molecule has 2 nitrogen and oxygen atoms in total. The first-order valence-electron chi connectivity index (χ1n) is 4.98. The molecule has 0 bridgehead atoms. The Bertz CT molecular complexity index is 471. The third kappa shape index (κ3) is 1.60. The topological polar surface area (TPSA) is 25.8 Å². The molecule has 1 unspecified atom stereocenters. The van der Waals surface area contributed by atoms with Gasteiger partial charge in [0.25, 0.3) is 0 Å². The number of hydrogen-bond donors (Lipinski definition) is 0. The zero-order valence-electron chi connectivity index (χ0n) is 8.57. The van der Waals surface area contributed by atoms with Gasteiger partial charge in [-0.3, -0.25) is 0 Å². The molecule has 72 valence electrons. The molecule has 0 saturated heterocycles. The average Bonchev–Trinajstić information content (AvgIpc) is 2.39. The molecule has 0 amide bonds. The van der Waals surface area contributed by atoms with Gasteiger partial charge in [-0.05, 0) is 24.8 Å². The van der Waals surface area contributed by atoms with Crippen LogP contribution in [0.2, 0.25) is 0 Å². The fraction of sp³-hybridized carbons (Fsp3) is 0.333. The van der Waals surface area contributed by atoms with Crippen molar-refractivity contribution in [2.45, 2.75) is 20.3 Å². The molecule has 0 N–H and O–H groups in total. The Balaban J connectivity index is 2.72. The van der Waals surface area contributed by atoms with Crippen LogP contribution in [0.25, 0.3) is 11.6 Å². The molecule has 1 atom stereocenters. The number of allylic oxidation sites excluding steroid dienone is 2. The van der Waals surface area contributed by atoms with Gasteiger partial charge in [-0.25, -0.2) is 9.97 Å².